The number of hydrogen-bond acceptors (Lipinski definition) is 6. The number of thioether (sulfide) groups is 1. The number of rotatable bonds is 6. The third-order valence-electron chi connectivity index (χ3n) is 4.05. The Morgan fingerprint density at radius 2 is 2.35 bits per heavy atom. The first-order valence-electron chi connectivity index (χ1n) is 7.90. The monoisotopic (exact) mass is 351 g/mol. The molecule has 124 valence electrons. The summed E-state index contributed by atoms with van der Waals surface area (Å²) in [6, 6.07) is 0.343. The minimum atomic E-state index is 0.221. The number of hydrogen-bond donors (Lipinski definition) is 0. The summed E-state index contributed by atoms with van der Waals surface area (Å²) < 4.78 is 2.96. The lowest BCUT2D eigenvalue weighted by atomic mass is 9.99. The first-order valence-corrected chi connectivity index (χ1v) is 9.70. The van der Waals surface area contributed by atoms with Crippen molar-refractivity contribution in [1.29, 1.82) is 0 Å². The van der Waals surface area contributed by atoms with Gasteiger partial charge in [-0.1, -0.05) is 23.1 Å². The quantitative estimate of drug-likeness (QED) is 0.749. The van der Waals surface area contributed by atoms with Crippen LogP contribution in [0.1, 0.15) is 30.7 Å². The maximum Gasteiger partial charge on any atom is 0.233 e. The van der Waals surface area contributed by atoms with Gasteiger partial charge in [0.15, 0.2) is 4.34 Å². The van der Waals surface area contributed by atoms with Crippen molar-refractivity contribution < 1.29 is 4.79 Å². The highest BCUT2D eigenvalue weighted by atomic mass is 32.2. The van der Waals surface area contributed by atoms with Gasteiger partial charge in [-0.05, 0) is 32.6 Å². The zero-order valence-electron chi connectivity index (χ0n) is 13.2. The second kappa shape index (κ2) is 7.92. The highest BCUT2D eigenvalue weighted by Crippen LogP contribution is 2.25. The number of imidazole rings is 1. The summed E-state index contributed by atoms with van der Waals surface area (Å²) in [5.74, 6) is 0.675. The molecule has 23 heavy (non-hydrogen) atoms. The summed E-state index contributed by atoms with van der Waals surface area (Å²) in [7, 11) is 0. The third-order valence-corrected chi connectivity index (χ3v) is 6.01. The molecule has 8 heteroatoms. The van der Waals surface area contributed by atoms with Crippen molar-refractivity contribution in [2.24, 2.45) is 0 Å². The van der Waals surface area contributed by atoms with Gasteiger partial charge < -0.3 is 9.47 Å². The normalized spacial score (nSPS) is 18.3. The Morgan fingerprint density at radius 1 is 1.43 bits per heavy atom. The van der Waals surface area contributed by atoms with Crippen LogP contribution in [0.5, 0.6) is 0 Å². The van der Waals surface area contributed by atoms with E-state index >= 15 is 0 Å². The molecule has 0 aromatic carbocycles. The van der Waals surface area contributed by atoms with Crippen LogP contribution in [-0.2, 0) is 11.3 Å². The standard InChI is InChI=1S/C15H21N5OS2/c1-12-17-18-15(23-12)22-10-14(21)20-7-3-2-4-13(20)5-8-19-9-6-16-11-19/h6,9,11,13H,2-5,7-8,10H2,1H3. The molecular formula is C15H21N5OS2. The summed E-state index contributed by atoms with van der Waals surface area (Å²) in [5.41, 5.74) is 0. The van der Waals surface area contributed by atoms with Crippen LogP contribution in [0.2, 0.25) is 0 Å². The van der Waals surface area contributed by atoms with Crippen molar-refractivity contribution in [3.63, 3.8) is 0 Å². The number of aromatic nitrogens is 4. The molecule has 3 rings (SSSR count). The molecular weight excluding hydrogens is 330 g/mol. The van der Waals surface area contributed by atoms with E-state index in [0.717, 1.165) is 41.7 Å². The van der Waals surface area contributed by atoms with Crippen LogP contribution in [0.4, 0.5) is 0 Å². The fraction of sp³-hybridized carbons (Fsp3) is 0.600. The Morgan fingerprint density at radius 3 is 3.09 bits per heavy atom. The highest BCUT2D eigenvalue weighted by Gasteiger charge is 2.26. The highest BCUT2D eigenvalue weighted by molar-refractivity contribution is 8.01. The largest absolute Gasteiger partial charge is 0.339 e. The van der Waals surface area contributed by atoms with Crippen LogP contribution in [0.3, 0.4) is 0 Å². The number of amides is 1. The number of likely N-dealkylation sites (tertiary alicyclic amines) is 1. The van der Waals surface area contributed by atoms with E-state index in [-0.39, 0.29) is 5.91 Å². The van der Waals surface area contributed by atoms with E-state index in [9.17, 15) is 4.79 Å². The lowest BCUT2D eigenvalue weighted by Gasteiger charge is -2.36. The lowest BCUT2D eigenvalue weighted by Crippen LogP contribution is -2.45. The second-order valence-corrected chi connectivity index (χ2v) is 8.11. The Labute approximate surface area is 144 Å². The van der Waals surface area contributed by atoms with E-state index in [2.05, 4.69) is 24.6 Å². The molecule has 1 fully saturated rings. The van der Waals surface area contributed by atoms with Gasteiger partial charge in [-0.3, -0.25) is 4.79 Å². The molecule has 1 atom stereocenters. The van der Waals surface area contributed by atoms with E-state index in [1.165, 1.54) is 18.2 Å². The van der Waals surface area contributed by atoms with Crippen LogP contribution in [0.25, 0.3) is 0 Å². The number of carbonyl (C=O) groups is 1. The van der Waals surface area contributed by atoms with Crippen LogP contribution in [0.15, 0.2) is 23.1 Å². The fourth-order valence-corrected chi connectivity index (χ4v) is 4.59. The van der Waals surface area contributed by atoms with Gasteiger partial charge in [0, 0.05) is 31.5 Å². The Bertz CT molecular complexity index is 628. The van der Waals surface area contributed by atoms with E-state index in [4.69, 9.17) is 0 Å². The van der Waals surface area contributed by atoms with Crippen molar-refractivity contribution in [3.05, 3.63) is 23.7 Å². The van der Waals surface area contributed by atoms with Crippen LogP contribution >= 0.6 is 23.1 Å². The molecule has 1 amide bonds. The van der Waals surface area contributed by atoms with Gasteiger partial charge in [-0.25, -0.2) is 4.98 Å². The molecule has 1 aliphatic heterocycles. The summed E-state index contributed by atoms with van der Waals surface area (Å²) in [6.07, 6.45) is 10.0. The van der Waals surface area contributed by atoms with Crippen LogP contribution in [-0.4, -0.2) is 48.9 Å². The lowest BCUT2D eigenvalue weighted by molar-refractivity contribution is -0.132. The third kappa shape index (κ3) is 4.54. The minimum absolute atomic E-state index is 0.221. The number of nitrogens with zero attached hydrogens (tertiary/aromatic N) is 5. The summed E-state index contributed by atoms with van der Waals surface area (Å²) >= 11 is 3.04. The molecule has 0 radical (unpaired) electrons. The molecule has 2 aromatic rings. The molecule has 2 aromatic heterocycles. The maximum atomic E-state index is 12.6. The predicted molar refractivity (Wildman–Crippen MR) is 91.6 cm³/mol. The fourth-order valence-electron chi connectivity index (χ4n) is 2.89. The van der Waals surface area contributed by atoms with E-state index in [0.29, 0.717) is 11.8 Å². The smallest absolute Gasteiger partial charge is 0.233 e. The van der Waals surface area contributed by atoms with Gasteiger partial charge >= 0.3 is 0 Å². The van der Waals surface area contributed by atoms with Gasteiger partial charge in [0.1, 0.15) is 5.01 Å². The topological polar surface area (TPSA) is 63.9 Å². The Balaban J connectivity index is 1.53. The van der Waals surface area contributed by atoms with Crippen LogP contribution in [0, 0.1) is 6.92 Å². The molecule has 1 aliphatic rings. The number of piperidine rings is 1. The number of carbonyl (C=O) groups excluding carboxylic acids is 1. The SMILES string of the molecule is Cc1nnc(SCC(=O)N2CCCCC2CCn2ccnc2)s1. The van der Waals surface area contributed by atoms with Crippen molar-refractivity contribution in [2.45, 2.75) is 49.5 Å². The average Bonchev–Trinajstić information content (AvgIpc) is 3.22. The van der Waals surface area contributed by atoms with Crippen molar-refractivity contribution in [1.82, 2.24) is 24.6 Å². The summed E-state index contributed by atoms with van der Waals surface area (Å²) in [5, 5.41) is 9.01. The van der Waals surface area contributed by atoms with Gasteiger partial charge in [0.25, 0.3) is 0 Å². The molecule has 0 aliphatic carbocycles. The van der Waals surface area contributed by atoms with Crippen LogP contribution < -0.4 is 0 Å². The first-order chi connectivity index (χ1) is 11.2. The molecule has 0 bridgehead atoms. The Hall–Kier alpha value is -1.41. The first kappa shape index (κ1) is 16.4. The average molecular weight is 352 g/mol. The maximum absolute atomic E-state index is 12.6. The second-order valence-electron chi connectivity index (χ2n) is 5.70. The van der Waals surface area contributed by atoms with Crippen molar-refractivity contribution in [2.75, 3.05) is 12.3 Å². The van der Waals surface area contributed by atoms with Gasteiger partial charge in [0.05, 0.1) is 12.1 Å². The van der Waals surface area contributed by atoms with E-state index < -0.39 is 0 Å². The molecule has 0 N–H and O–H groups in total. The Kier molecular flexibility index (Phi) is 5.66. The van der Waals surface area contributed by atoms with Gasteiger partial charge in [-0.15, -0.1) is 10.2 Å². The van der Waals surface area contributed by atoms with Crippen molar-refractivity contribution >= 4 is 29.0 Å². The molecule has 6 nitrogen and oxygen atoms in total. The van der Waals surface area contributed by atoms with Crippen molar-refractivity contribution in [3.8, 4) is 0 Å². The summed E-state index contributed by atoms with van der Waals surface area (Å²) in [4.78, 5) is 18.7. The predicted octanol–water partition coefficient (Wildman–Crippen LogP) is 2.61. The molecule has 3 heterocycles. The molecule has 0 saturated carbocycles. The molecule has 0 spiro atoms. The molecule has 1 unspecified atom stereocenters. The number of aryl methyl sites for hydroxylation is 2. The van der Waals surface area contributed by atoms with E-state index in [1.807, 2.05) is 19.4 Å². The zero-order valence-corrected chi connectivity index (χ0v) is 14.9. The molecule has 1 saturated heterocycles. The van der Waals surface area contributed by atoms with Gasteiger partial charge in [0.2, 0.25) is 5.91 Å². The summed E-state index contributed by atoms with van der Waals surface area (Å²) in [6.45, 7) is 3.72. The minimum Gasteiger partial charge on any atom is -0.339 e. The zero-order chi connectivity index (χ0) is 16.1. The van der Waals surface area contributed by atoms with E-state index in [1.54, 1.807) is 17.5 Å². The van der Waals surface area contributed by atoms with Gasteiger partial charge in [-0.2, -0.15) is 0 Å².